The Morgan fingerprint density at radius 2 is 2.19 bits per heavy atom. The van der Waals surface area contributed by atoms with Crippen molar-refractivity contribution in [1.82, 2.24) is 15.6 Å². The summed E-state index contributed by atoms with van der Waals surface area (Å²) in [7, 11) is 1.84. The molecule has 0 unspecified atom stereocenters. The highest BCUT2D eigenvalue weighted by Gasteiger charge is 2.34. The molecule has 0 spiro atoms. The van der Waals surface area contributed by atoms with Gasteiger partial charge in [0.15, 0.2) is 5.96 Å². The van der Waals surface area contributed by atoms with Gasteiger partial charge in [0.1, 0.15) is 0 Å². The Morgan fingerprint density at radius 1 is 1.43 bits per heavy atom. The molecule has 6 heteroatoms. The molecule has 1 aliphatic carbocycles. The van der Waals surface area contributed by atoms with Crippen LogP contribution in [0.2, 0.25) is 0 Å². The summed E-state index contributed by atoms with van der Waals surface area (Å²) in [6.45, 7) is 6.26. The first-order chi connectivity index (χ1) is 9.67. The fourth-order valence-electron chi connectivity index (χ4n) is 2.66. The highest BCUT2D eigenvalue weighted by molar-refractivity contribution is 14.0. The van der Waals surface area contributed by atoms with Crippen molar-refractivity contribution >= 4 is 41.3 Å². The van der Waals surface area contributed by atoms with E-state index in [-0.39, 0.29) is 24.0 Å². The molecule has 0 amide bonds. The van der Waals surface area contributed by atoms with Gasteiger partial charge in [0.25, 0.3) is 0 Å². The predicted octanol–water partition coefficient (Wildman–Crippen LogP) is 3.36. The smallest absolute Gasteiger partial charge is 0.191 e. The first-order valence-electron chi connectivity index (χ1n) is 7.53. The fraction of sp³-hybridized carbons (Fsp3) is 0.733. The molecule has 0 atom stereocenters. The molecular weight excluding hydrogens is 395 g/mol. The second kappa shape index (κ2) is 8.92. The van der Waals surface area contributed by atoms with E-state index in [1.807, 2.05) is 14.0 Å². The van der Waals surface area contributed by atoms with Crippen molar-refractivity contribution in [2.24, 2.45) is 10.4 Å². The molecule has 0 bridgehead atoms. The zero-order valence-corrected chi connectivity index (χ0v) is 16.4. The monoisotopic (exact) mass is 422 g/mol. The number of nitrogens with one attached hydrogen (secondary N) is 2. The van der Waals surface area contributed by atoms with Gasteiger partial charge in [0.05, 0.1) is 10.7 Å². The Balaban J connectivity index is 0.00000220. The summed E-state index contributed by atoms with van der Waals surface area (Å²) in [5.74, 6) is 0.914. The molecule has 21 heavy (non-hydrogen) atoms. The van der Waals surface area contributed by atoms with Crippen LogP contribution in [0.4, 0.5) is 0 Å². The van der Waals surface area contributed by atoms with Gasteiger partial charge >= 0.3 is 0 Å². The second-order valence-corrected chi connectivity index (χ2v) is 6.73. The van der Waals surface area contributed by atoms with Crippen molar-refractivity contribution in [3.8, 4) is 0 Å². The number of hydrogen-bond donors (Lipinski definition) is 2. The van der Waals surface area contributed by atoms with Crippen LogP contribution in [0.3, 0.4) is 0 Å². The van der Waals surface area contributed by atoms with E-state index < -0.39 is 0 Å². The van der Waals surface area contributed by atoms with Gasteiger partial charge in [-0.1, -0.05) is 13.3 Å². The molecule has 2 rings (SSSR count). The SMILES string of the molecule is CCC1(CNC(=NC)NCCc2csc(C)n2)CCC1.I. The van der Waals surface area contributed by atoms with Crippen LogP contribution in [0.15, 0.2) is 10.4 Å². The average Bonchev–Trinajstić information content (AvgIpc) is 2.81. The molecule has 0 aliphatic heterocycles. The maximum atomic E-state index is 4.47. The Labute approximate surface area is 149 Å². The van der Waals surface area contributed by atoms with Crippen LogP contribution in [-0.4, -0.2) is 31.1 Å². The fourth-order valence-corrected chi connectivity index (χ4v) is 3.30. The molecule has 0 radical (unpaired) electrons. The number of aliphatic imine (C=N–C) groups is 1. The molecule has 2 N–H and O–H groups in total. The molecule has 1 aliphatic rings. The molecule has 120 valence electrons. The minimum atomic E-state index is 0. The summed E-state index contributed by atoms with van der Waals surface area (Å²) in [4.78, 5) is 8.77. The van der Waals surface area contributed by atoms with E-state index >= 15 is 0 Å². The predicted molar refractivity (Wildman–Crippen MR) is 102 cm³/mol. The van der Waals surface area contributed by atoms with E-state index in [9.17, 15) is 0 Å². The number of nitrogens with zero attached hydrogens (tertiary/aromatic N) is 2. The first kappa shape index (κ1) is 18.7. The lowest BCUT2D eigenvalue weighted by Crippen LogP contribution is -2.46. The standard InChI is InChI=1S/C15H26N4S.HI/c1-4-15(7-5-8-15)11-18-14(16-3)17-9-6-13-10-20-12(2)19-13;/h10H,4-9,11H2,1-3H3,(H2,16,17,18);1H. The van der Waals surface area contributed by atoms with Gasteiger partial charge in [-0.15, -0.1) is 35.3 Å². The van der Waals surface area contributed by atoms with E-state index in [0.29, 0.717) is 5.41 Å². The molecule has 1 aromatic heterocycles. The van der Waals surface area contributed by atoms with Crippen molar-refractivity contribution in [1.29, 1.82) is 0 Å². The van der Waals surface area contributed by atoms with E-state index in [1.165, 1.54) is 31.4 Å². The van der Waals surface area contributed by atoms with E-state index in [0.717, 1.165) is 30.5 Å². The summed E-state index contributed by atoms with van der Waals surface area (Å²) in [5.41, 5.74) is 1.68. The van der Waals surface area contributed by atoms with Gasteiger partial charge in [0, 0.05) is 31.9 Å². The van der Waals surface area contributed by atoms with Crippen LogP contribution in [0, 0.1) is 12.3 Å². The lowest BCUT2D eigenvalue weighted by molar-refractivity contribution is 0.131. The Bertz CT molecular complexity index is 449. The van der Waals surface area contributed by atoms with E-state index in [1.54, 1.807) is 11.3 Å². The number of aryl methyl sites for hydroxylation is 1. The third-order valence-corrected chi connectivity index (χ3v) is 5.18. The summed E-state index contributed by atoms with van der Waals surface area (Å²) in [5, 5.41) is 10.1. The summed E-state index contributed by atoms with van der Waals surface area (Å²) in [6.07, 6.45) is 6.29. The minimum absolute atomic E-state index is 0. The van der Waals surface area contributed by atoms with Gasteiger partial charge in [0.2, 0.25) is 0 Å². The molecule has 0 aromatic carbocycles. The topological polar surface area (TPSA) is 49.3 Å². The summed E-state index contributed by atoms with van der Waals surface area (Å²) >= 11 is 1.71. The molecule has 0 saturated heterocycles. The van der Waals surface area contributed by atoms with Crippen LogP contribution in [0.1, 0.15) is 43.3 Å². The molecule has 1 aromatic rings. The van der Waals surface area contributed by atoms with Gasteiger partial charge in [-0.2, -0.15) is 0 Å². The zero-order valence-electron chi connectivity index (χ0n) is 13.2. The molecule has 1 heterocycles. The number of guanidine groups is 1. The van der Waals surface area contributed by atoms with E-state index in [2.05, 4.69) is 32.9 Å². The van der Waals surface area contributed by atoms with Crippen LogP contribution in [-0.2, 0) is 6.42 Å². The summed E-state index contributed by atoms with van der Waals surface area (Å²) in [6, 6.07) is 0. The second-order valence-electron chi connectivity index (χ2n) is 5.67. The first-order valence-corrected chi connectivity index (χ1v) is 8.41. The molecule has 1 saturated carbocycles. The van der Waals surface area contributed by atoms with Crippen molar-refractivity contribution in [3.63, 3.8) is 0 Å². The van der Waals surface area contributed by atoms with Gasteiger partial charge < -0.3 is 10.6 Å². The largest absolute Gasteiger partial charge is 0.356 e. The van der Waals surface area contributed by atoms with E-state index in [4.69, 9.17) is 0 Å². The van der Waals surface area contributed by atoms with Crippen molar-refractivity contribution in [3.05, 3.63) is 16.1 Å². The maximum absolute atomic E-state index is 4.47. The number of halogens is 1. The molecule has 1 fully saturated rings. The minimum Gasteiger partial charge on any atom is -0.356 e. The number of aromatic nitrogens is 1. The van der Waals surface area contributed by atoms with Crippen molar-refractivity contribution < 1.29 is 0 Å². The highest BCUT2D eigenvalue weighted by atomic mass is 127. The van der Waals surface area contributed by atoms with Gasteiger partial charge in [-0.25, -0.2) is 4.98 Å². The number of rotatable bonds is 6. The number of thiazole rings is 1. The highest BCUT2D eigenvalue weighted by Crippen LogP contribution is 2.42. The average molecular weight is 422 g/mol. The third-order valence-electron chi connectivity index (χ3n) is 4.36. The quantitative estimate of drug-likeness (QED) is 0.420. The van der Waals surface area contributed by atoms with Crippen LogP contribution in [0.5, 0.6) is 0 Å². The van der Waals surface area contributed by atoms with Gasteiger partial charge in [-0.05, 0) is 31.6 Å². The Morgan fingerprint density at radius 3 is 2.67 bits per heavy atom. The lowest BCUT2D eigenvalue weighted by atomic mass is 9.67. The summed E-state index contributed by atoms with van der Waals surface area (Å²) < 4.78 is 0. The van der Waals surface area contributed by atoms with Crippen LogP contribution in [0.25, 0.3) is 0 Å². The van der Waals surface area contributed by atoms with Gasteiger partial charge in [-0.3, -0.25) is 4.99 Å². The van der Waals surface area contributed by atoms with Crippen molar-refractivity contribution in [2.45, 2.75) is 46.0 Å². The normalized spacial score (nSPS) is 16.8. The Hall–Kier alpha value is -0.370. The third kappa shape index (κ3) is 5.39. The lowest BCUT2D eigenvalue weighted by Gasteiger charge is -2.41. The Kier molecular flexibility index (Phi) is 7.94. The van der Waals surface area contributed by atoms with Crippen LogP contribution >= 0.6 is 35.3 Å². The van der Waals surface area contributed by atoms with Crippen molar-refractivity contribution in [2.75, 3.05) is 20.1 Å². The van der Waals surface area contributed by atoms with Crippen LogP contribution < -0.4 is 10.6 Å². The molecule has 4 nitrogen and oxygen atoms in total. The molecular formula is C15H27IN4S. The number of hydrogen-bond acceptors (Lipinski definition) is 3. The zero-order chi connectivity index (χ0) is 14.4. The maximum Gasteiger partial charge on any atom is 0.191 e.